The molecule has 1 atom stereocenters. The molecule has 1 aliphatic heterocycles. The van der Waals surface area contributed by atoms with E-state index in [0.29, 0.717) is 0 Å². The summed E-state index contributed by atoms with van der Waals surface area (Å²) in [5, 5.41) is 0. The molecule has 0 aromatic heterocycles. The number of piperidine rings is 1. The zero-order chi connectivity index (χ0) is 12.5. The normalized spacial score (nSPS) is 21.4. The van der Waals surface area contributed by atoms with Crippen LogP contribution in [0.25, 0.3) is 0 Å². The van der Waals surface area contributed by atoms with E-state index in [4.69, 9.17) is 4.74 Å². The third-order valence-electron chi connectivity index (χ3n) is 3.64. The van der Waals surface area contributed by atoms with Crippen LogP contribution in [0.3, 0.4) is 0 Å². The number of esters is 1. The van der Waals surface area contributed by atoms with Crippen LogP contribution in [0.2, 0.25) is 0 Å². The fourth-order valence-electron chi connectivity index (χ4n) is 2.58. The fourth-order valence-corrected chi connectivity index (χ4v) is 2.58. The van der Waals surface area contributed by atoms with Crippen molar-refractivity contribution < 1.29 is 9.53 Å². The number of hydrogen-bond acceptors (Lipinski definition) is 3. The highest BCUT2D eigenvalue weighted by atomic mass is 16.5. The van der Waals surface area contributed by atoms with Gasteiger partial charge >= 0.3 is 5.97 Å². The van der Waals surface area contributed by atoms with Crippen LogP contribution >= 0.6 is 0 Å². The molecule has 3 heteroatoms. The Morgan fingerprint density at radius 1 is 1.24 bits per heavy atom. The summed E-state index contributed by atoms with van der Waals surface area (Å²) >= 11 is 0. The lowest BCUT2D eigenvalue weighted by Gasteiger charge is -2.33. The van der Waals surface area contributed by atoms with Crippen LogP contribution in [-0.4, -0.2) is 37.1 Å². The third kappa shape index (κ3) is 5.07. The van der Waals surface area contributed by atoms with E-state index < -0.39 is 0 Å². The Balaban J connectivity index is 2.25. The van der Waals surface area contributed by atoms with Crippen molar-refractivity contribution in [3.63, 3.8) is 0 Å². The second kappa shape index (κ2) is 8.51. The predicted molar refractivity (Wildman–Crippen MR) is 70.0 cm³/mol. The minimum atomic E-state index is -0.0433. The first kappa shape index (κ1) is 14.5. The summed E-state index contributed by atoms with van der Waals surface area (Å²) in [7, 11) is 1.50. The second-order valence-electron chi connectivity index (χ2n) is 4.98. The van der Waals surface area contributed by atoms with Gasteiger partial charge in [0, 0.05) is 0 Å². The Bertz CT molecular complexity index is 218. The molecule has 0 aromatic rings. The lowest BCUT2D eigenvalue weighted by atomic mass is 10.0. The third-order valence-corrected chi connectivity index (χ3v) is 3.64. The number of carbonyl (C=O) groups excluding carboxylic acids is 1. The van der Waals surface area contributed by atoms with Crippen LogP contribution in [0, 0.1) is 0 Å². The van der Waals surface area contributed by atoms with Gasteiger partial charge in [-0.2, -0.15) is 0 Å². The first-order valence-electron chi connectivity index (χ1n) is 7.11. The quantitative estimate of drug-likeness (QED) is 0.507. The Morgan fingerprint density at radius 3 is 2.71 bits per heavy atom. The molecule has 0 spiro atoms. The Hall–Kier alpha value is -0.570. The van der Waals surface area contributed by atoms with Crippen molar-refractivity contribution in [1.29, 1.82) is 0 Å². The first-order chi connectivity index (χ1) is 8.29. The van der Waals surface area contributed by atoms with Crippen molar-refractivity contribution >= 4 is 5.97 Å². The molecule has 0 amide bonds. The highest BCUT2D eigenvalue weighted by molar-refractivity contribution is 5.75. The first-order valence-corrected chi connectivity index (χ1v) is 7.11. The monoisotopic (exact) mass is 241 g/mol. The number of hydrogen-bond donors (Lipinski definition) is 0. The van der Waals surface area contributed by atoms with E-state index in [1.54, 1.807) is 0 Å². The van der Waals surface area contributed by atoms with Crippen molar-refractivity contribution in [2.24, 2.45) is 0 Å². The molecular formula is C14H27NO2. The number of methoxy groups -OCH3 is 1. The summed E-state index contributed by atoms with van der Waals surface area (Å²) < 4.78 is 4.88. The van der Waals surface area contributed by atoms with E-state index in [1.165, 1.54) is 45.6 Å². The van der Waals surface area contributed by atoms with Gasteiger partial charge in [0.15, 0.2) is 0 Å². The van der Waals surface area contributed by atoms with Gasteiger partial charge in [-0.25, -0.2) is 0 Å². The maximum absolute atomic E-state index is 11.6. The van der Waals surface area contributed by atoms with Crippen LogP contribution in [0.5, 0.6) is 0 Å². The molecule has 1 saturated heterocycles. The van der Waals surface area contributed by atoms with E-state index >= 15 is 0 Å². The Labute approximate surface area is 106 Å². The van der Waals surface area contributed by atoms with E-state index in [1.807, 2.05) is 0 Å². The number of nitrogens with zero attached hydrogens (tertiary/aromatic N) is 1. The highest BCUT2D eigenvalue weighted by Crippen LogP contribution is 2.19. The fraction of sp³-hybridized carbons (Fsp3) is 0.929. The van der Waals surface area contributed by atoms with Gasteiger partial charge in [-0.05, 0) is 32.4 Å². The van der Waals surface area contributed by atoms with Crippen molar-refractivity contribution in [1.82, 2.24) is 4.90 Å². The number of likely N-dealkylation sites (tertiary alicyclic amines) is 1. The molecule has 0 N–H and O–H groups in total. The maximum Gasteiger partial charge on any atom is 0.323 e. The topological polar surface area (TPSA) is 29.5 Å². The molecule has 1 aliphatic rings. The van der Waals surface area contributed by atoms with Crippen molar-refractivity contribution in [2.45, 2.75) is 64.3 Å². The average molecular weight is 241 g/mol. The summed E-state index contributed by atoms with van der Waals surface area (Å²) in [6.07, 6.45) is 9.81. The molecule has 0 radical (unpaired) electrons. The number of carbonyl (C=O) groups is 1. The SMILES string of the molecule is CCCCCCCN1CCCCC1C(=O)OC. The summed E-state index contributed by atoms with van der Waals surface area (Å²) in [5.74, 6) is -0.0433. The zero-order valence-corrected chi connectivity index (χ0v) is 11.4. The van der Waals surface area contributed by atoms with Gasteiger partial charge in [0.1, 0.15) is 6.04 Å². The van der Waals surface area contributed by atoms with Crippen molar-refractivity contribution in [3.05, 3.63) is 0 Å². The standard InChI is InChI=1S/C14H27NO2/c1-3-4-5-6-8-11-15-12-9-7-10-13(15)14(16)17-2/h13H,3-12H2,1-2H3. The lowest BCUT2D eigenvalue weighted by Crippen LogP contribution is -2.45. The van der Waals surface area contributed by atoms with Crippen LogP contribution in [0.1, 0.15) is 58.3 Å². The maximum atomic E-state index is 11.6. The van der Waals surface area contributed by atoms with E-state index in [9.17, 15) is 4.79 Å². The Morgan fingerprint density at radius 2 is 2.00 bits per heavy atom. The average Bonchev–Trinajstić information content (AvgIpc) is 2.38. The van der Waals surface area contributed by atoms with Crippen LogP contribution in [0.4, 0.5) is 0 Å². The molecule has 1 fully saturated rings. The predicted octanol–water partition coefficient (Wildman–Crippen LogP) is 2.98. The van der Waals surface area contributed by atoms with Gasteiger partial charge in [-0.1, -0.05) is 39.0 Å². The molecule has 1 heterocycles. The summed E-state index contributed by atoms with van der Waals surface area (Å²) in [4.78, 5) is 14.0. The van der Waals surface area contributed by atoms with Crippen molar-refractivity contribution in [2.75, 3.05) is 20.2 Å². The summed E-state index contributed by atoms with van der Waals surface area (Å²) in [5.41, 5.74) is 0. The number of unbranched alkanes of at least 4 members (excludes halogenated alkanes) is 4. The largest absolute Gasteiger partial charge is 0.468 e. The smallest absolute Gasteiger partial charge is 0.323 e. The van der Waals surface area contributed by atoms with E-state index in [2.05, 4.69) is 11.8 Å². The minimum Gasteiger partial charge on any atom is -0.468 e. The summed E-state index contributed by atoms with van der Waals surface area (Å²) in [6, 6.07) is 0.0277. The van der Waals surface area contributed by atoms with Gasteiger partial charge in [-0.3, -0.25) is 9.69 Å². The van der Waals surface area contributed by atoms with Crippen LogP contribution in [0.15, 0.2) is 0 Å². The molecule has 0 aromatic carbocycles. The van der Waals surface area contributed by atoms with Gasteiger partial charge < -0.3 is 4.74 Å². The van der Waals surface area contributed by atoms with Crippen LogP contribution in [-0.2, 0) is 9.53 Å². The van der Waals surface area contributed by atoms with Crippen LogP contribution < -0.4 is 0 Å². The number of ether oxygens (including phenoxy) is 1. The molecule has 17 heavy (non-hydrogen) atoms. The second-order valence-corrected chi connectivity index (χ2v) is 4.98. The highest BCUT2D eigenvalue weighted by Gasteiger charge is 2.28. The Kier molecular flexibility index (Phi) is 7.25. The summed E-state index contributed by atoms with van der Waals surface area (Å²) in [6.45, 7) is 4.36. The minimum absolute atomic E-state index is 0.0277. The molecular weight excluding hydrogens is 214 g/mol. The zero-order valence-electron chi connectivity index (χ0n) is 11.4. The molecule has 1 unspecified atom stereocenters. The molecule has 0 saturated carbocycles. The van der Waals surface area contributed by atoms with Gasteiger partial charge in [0.25, 0.3) is 0 Å². The number of rotatable bonds is 7. The molecule has 1 rings (SSSR count). The van der Waals surface area contributed by atoms with Gasteiger partial charge in [0.2, 0.25) is 0 Å². The lowest BCUT2D eigenvalue weighted by molar-refractivity contribution is -0.148. The van der Waals surface area contributed by atoms with Gasteiger partial charge in [-0.15, -0.1) is 0 Å². The van der Waals surface area contributed by atoms with E-state index in [-0.39, 0.29) is 12.0 Å². The molecule has 3 nitrogen and oxygen atoms in total. The molecule has 0 aliphatic carbocycles. The van der Waals surface area contributed by atoms with Gasteiger partial charge in [0.05, 0.1) is 7.11 Å². The van der Waals surface area contributed by atoms with Crippen molar-refractivity contribution in [3.8, 4) is 0 Å². The molecule has 100 valence electrons. The molecule has 0 bridgehead atoms. The van der Waals surface area contributed by atoms with E-state index in [0.717, 1.165) is 25.9 Å².